The van der Waals surface area contributed by atoms with Crippen molar-refractivity contribution in [3.8, 4) is 0 Å². The Labute approximate surface area is 148 Å². The van der Waals surface area contributed by atoms with Crippen molar-refractivity contribution in [3.63, 3.8) is 0 Å². The van der Waals surface area contributed by atoms with Crippen LogP contribution in [0.3, 0.4) is 0 Å². The lowest BCUT2D eigenvalue weighted by atomic mass is 9.85. The minimum atomic E-state index is -0.764. The van der Waals surface area contributed by atoms with Crippen molar-refractivity contribution in [3.05, 3.63) is 69.0 Å². The summed E-state index contributed by atoms with van der Waals surface area (Å²) in [5.74, 6) is 0. The zero-order valence-corrected chi connectivity index (χ0v) is 13.9. The number of aromatic nitrogens is 2. The second-order valence-corrected chi connectivity index (χ2v) is 6.85. The first-order valence-corrected chi connectivity index (χ1v) is 8.58. The first kappa shape index (κ1) is 16.0. The zero-order valence-electron chi connectivity index (χ0n) is 13.9. The van der Waals surface area contributed by atoms with Gasteiger partial charge in [0.05, 0.1) is 19.3 Å². The largest absolute Gasteiger partial charge is 0.370 e. The fraction of sp³-hybridized carbons (Fsp3) is 0.444. The standard InChI is InChI=1S/C18H18N2O6/c21-14-6-7-20(17(22)19-14)15-12-8-13-18(26-15,9-23-12)10-24-16(25-13)11-4-2-1-3-5-11/h1-7,12-13,15-16H,8-10H2,(H,19,21,22). The molecular weight excluding hydrogens is 340 g/mol. The van der Waals surface area contributed by atoms with Gasteiger partial charge in [-0.1, -0.05) is 30.3 Å². The third-order valence-corrected chi connectivity index (χ3v) is 5.21. The predicted octanol–water partition coefficient (Wildman–Crippen LogP) is 0.707. The van der Waals surface area contributed by atoms with E-state index in [0.29, 0.717) is 19.6 Å². The summed E-state index contributed by atoms with van der Waals surface area (Å²) in [5, 5.41) is 0. The summed E-state index contributed by atoms with van der Waals surface area (Å²) in [7, 11) is 0. The Bertz CT molecular complexity index is 925. The van der Waals surface area contributed by atoms with Crippen LogP contribution in [-0.2, 0) is 18.9 Å². The molecule has 0 aliphatic carbocycles. The van der Waals surface area contributed by atoms with Crippen LogP contribution in [0.4, 0.5) is 0 Å². The minimum Gasteiger partial charge on any atom is -0.370 e. The molecule has 0 amide bonds. The lowest BCUT2D eigenvalue weighted by molar-refractivity contribution is -0.398. The van der Waals surface area contributed by atoms with Gasteiger partial charge in [-0.15, -0.1) is 0 Å². The molecule has 2 bridgehead atoms. The fourth-order valence-corrected chi connectivity index (χ4v) is 3.86. The van der Waals surface area contributed by atoms with Gasteiger partial charge in [-0.2, -0.15) is 0 Å². The quantitative estimate of drug-likeness (QED) is 0.850. The maximum Gasteiger partial charge on any atom is 0.330 e. The second kappa shape index (κ2) is 5.88. The minimum absolute atomic E-state index is 0.185. The van der Waals surface area contributed by atoms with E-state index >= 15 is 0 Å². The van der Waals surface area contributed by atoms with Crippen LogP contribution in [0.2, 0.25) is 0 Å². The number of nitrogens with one attached hydrogen (secondary N) is 1. The molecule has 5 atom stereocenters. The Morgan fingerprint density at radius 2 is 1.88 bits per heavy atom. The molecule has 8 heteroatoms. The van der Waals surface area contributed by atoms with Gasteiger partial charge < -0.3 is 18.9 Å². The Hall–Kier alpha value is -2.26. The lowest BCUT2D eigenvalue weighted by Gasteiger charge is -2.56. The topological polar surface area (TPSA) is 91.8 Å². The highest BCUT2D eigenvalue weighted by molar-refractivity contribution is 5.17. The molecule has 26 heavy (non-hydrogen) atoms. The van der Waals surface area contributed by atoms with Gasteiger partial charge in [0.25, 0.3) is 5.56 Å². The van der Waals surface area contributed by atoms with Gasteiger partial charge in [-0.3, -0.25) is 14.3 Å². The average molecular weight is 358 g/mol. The van der Waals surface area contributed by atoms with Crippen molar-refractivity contribution < 1.29 is 18.9 Å². The molecule has 1 aromatic carbocycles. The molecule has 4 fully saturated rings. The summed E-state index contributed by atoms with van der Waals surface area (Å²) in [6, 6.07) is 11.0. The van der Waals surface area contributed by atoms with Crippen molar-refractivity contribution in [1.82, 2.24) is 9.55 Å². The molecule has 136 valence electrons. The lowest BCUT2D eigenvalue weighted by Crippen LogP contribution is -2.68. The monoisotopic (exact) mass is 358 g/mol. The smallest absolute Gasteiger partial charge is 0.330 e. The Morgan fingerprint density at radius 1 is 1.08 bits per heavy atom. The van der Waals surface area contributed by atoms with Crippen LogP contribution in [0.15, 0.2) is 52.2 Å². The molecule has 1 spiro atoms. The molecular formula is C18H18N2O6. The van der Waals surface area contributed by atoms with Crippen LogP contribution in [-0.4, -0.2) is 40.6 Å². The van der Waals surface area contributed by atoms with E-state index in [9.17, 15) is 9.59 Å². The predicted molar refractivity (Wildman–Crippen MR) is 88.5 cm³/mol. The number of ether oxygens (including phenoxy) is 4. The molecule has 1 N–H and O–H groups in total. The summed E-state index contributed by atoms with van der Waals surface area (Å²) in [5.41, 5.74) is -0.774. The van der Waals surface area contributed by atoms with Gasteiger partial charge in [-0.25, -0.2) is 4.79 Å². The highest BCUT2D eigenvalue weighted by Gasteiger charge is 2.59. The van der Waals surface area contributed by atoms with E-state index in [0.717, 1.165) is 5.56 Å². The van der Waals surface area contributed by atoms with E-state index in [1.807, 2.05) is 30.3 Å². The normalized spacial score (nSPS) is 35.8. The molecule has 2 aromatic rings. The summed E-state index contributed by atoms with van der Waals surface area (Å²) in [6.45, 7) is 0.650. The van der Waals surface area contributed by atoms with Gasteiger partial charge in [0, 0.05) is 24.2 Å². The maximum atomic E-state index is 12.1. The van der Waals surface area contributed by atoms with Crippen LogP contribution < -0.4 is 11.2 Å². The summed E-state index contributed by atoms with van der Waals surface area (Å²) >= 11 is 0. The van der Waals surface area contributed by atoms with Crippen molar-refractivity contribution in [2.24, 2.45) is 0 Å². The molecule has 6 rings (SSSR count). The SMILES string of the molecule is O=c1ccn(C2OC34COC(c5ccccc5)OC3CC2OC4)c(=O)[nH]1. The number of nitrogens with zero attached hydrogens (tertiary/aromatic N) is 1. The number of aromatic amines is 1. The summed E-state index contributed by atoms with van der Waals surface area (Å²) < 4.78 is 25.6. The number of fused-ring (bicyclic) bond motifs is 2. The highest BCUT2D eigenvalue weighted by atomic mass is 16.7. The van der Waals surface area contributed by atoms with Crippen molar-refractivity contribution in [2.75, 3.05) is 13.2 Å². The fourth-order valence-electron chi connectivity index (χ4n) is 3.86. The molecule has 0 radical (unpaired) electrons. The molecule has 5 unspecified atom stereocenters. The molecule has 1 aromatic heterocycles. The van der Waals surface area contributed by atoms with E-state index in [2.05, 4.69) is 4.98 Å². The zero-order chi connectivity index (χ0) is 17.7. The maximum absolute atomic E-state index is 12.1. The number of rotatable bonds is 2. The van der Waals surface area contributed by atoms with Crippen LogP contribution in [0.5, 0.6) is 0 Å². The molecule has 0 saturated carbocycles. The van der Waals surface area contributed by atoms with Gasteiger partial charge >= 0.3 is 5.69 Å². The average Bonchev–Trinajstić information content (AvgIpc) is 2.67. The van der Waals surface area contributed by atoms with Crippen LogP contribution in [0.1, 0.15) is 24.5 Å². The first-order chi connectivity index (χ1) is 12.6. The summed E-state index contributed by atoms with van der Waals surface area (Å²) in [6.07, 6.45) is 0.436. The molecule has 4 saturated heterocycles. The molecule has 5 heterocycles. The van der Waals surface area contributed by atoms with E-state index in [1.54, 1.807) is 0 Å². The molecule has 4 aliphatic heterocycles. The van der Waals surface area contributed by atoms with Gasteiger partial charge in [0.2, 0.25) is 0 Å². The number of H-pyrrole nitrogens is 1. The van der Waals surface area contributed by atoms with Crippen molar-refractivity contribution in [2.45, 2.75) is 36.7 Å². The third kappa shape index (κ3) is 2.45. The van der Waals surface area contributed by atoms with E-state index < -0.39 is 29.4 Å². The Balaban J connectivity index is 1.41. The third-order valence-electron chi connectivity index (χ3n) is 5.21. The van der Waals surface area contributed by atoms with Crippen LogP contribution >= 0.6 is 0 Å². The van der Waals surface area contributed by atoms with Crippen molar-refractivity contribution >= 4 is 0 Å². The van der Waals surface area contributed by atoms with Crippen LogP contribution in [0.25, 0.3) is 0 Å². The van der Waals surface area contributed by atoms with Gasteiger partial charge in [0.15, 0.2) is 12.5 Å². The van der Waals surface area contributed by atoms with E-state index in [4.69, 9.17) is 18.9 Å². The number of hydrogen-bond acceptors (Lipinski definition) is 6. The Kier molecular flexibility index (Phi) is 3.61. The molecule has 8 nitrogen and oxygen atoms in total. The summed E-state index contributed by atoms with van der Waals surface area (Å²) in [4.78, 5) is 25.7. The van der Waals surface area contributed by atoms with E-state index in [-0.39, 0.29) is 12.2 Å². The van der Waals surface area contributed by atoms with Crippen molar-refractivity contribution in [1.29, 1.82) is 0 Å². The molecule has 4 aliphatic rings. The Morgan fingerprint density at radius 3 is 2.69 bits per heavy atom. The number of benzene rings is 1. The van der Waals surface area contributed by atoms with Gasteiger partial charge in [0.1, 0.15) is 11.7 Å². The first-order valence-electron chi connectivity index (χ1n) is 8.58. The highest BCUT2D eigenvalue weighted by Crippen LogP contribution is 2.47. The second-order valence-electron chi connectivity index (χ2n) is 6.85. The number of hydrogen-bond donors (Lipinski definition) is 1. The van der Waals surface area contributed by atoms with Crippen LogP contribution in [0, 0.1) is 0 Å². The van der Waals surface area contributed by atoms with E-state index in [1.165, 1.54) is 16.8 Å². The van der Waals surface area contributed by atoms with Gasteiger partial charge in [-0.05, 0) is 0 Å².